The summed E-state index contributed by atoms with van der Waals surface area (Å²) in [5.41, 5.74) is 8.97. The summed E-state index contributed by atoms with van der Waals surface area (Å²) in [6.45, 7) is 14.1. The maximum atomic E-state index is 15.2. The number of aliphatic hydroxyl groups excluding tert-OH is 1. The molecule has 16 atom stereocenters. The zero-order valence-electron chi connectivity index (χ0n) is 38.3. The minimum atomic E-state index is -0.847. The summed E-state index contributed by atoms with van der Waals surface area (Å²) < 4.78 is 6.56. The van der Waals surface area contributed by atoms with Crippen molar-refractivity contribution in [1.29, 1.82) is 0 Å². The number of Topliss-reactive ketones (excluding diaryl/α,β-unsaturated/α-hetero) is 2. The summed E-state index contributed by atoms with van der Waals surface area (Å²) in [4.78, 5) is 30.5. The lowest BCUT2D eigenvalue weighted by molar-refractivity contribution is -0.219. The highest BCUT2D eigenvalue weighted by atomic mass is 16.6. The number of anilines is 1. The van der Waals surface area contributed by atoms with Crippen molar-refractivity contribution in [1.82, 2.24) is 5.32 Å². The summed E-state index contributed by atoms with van der Waals surface area (Å²) in [7, 11) is 0. The van der Waals surface area contributed by atoms with E-state index in [4.69, 9.17) is 10.5 Å². The standard InChI is InChI=1S/C54H74N2O6/c1-31(25-42(58)48-53(6,62-48)38-18-11-17-36(38)32-13-9-15-34(55)26-32)44-39-20-21-43-51(4)28-37(33-14-10-16-35(57)27-33)47(60)50(3)23-8-7-22-49(2,61)30-56-41(46(50)51)29-54(43)24-12-19-40(45(44)59)52(39,54)5/h9-10,13-16,26-27,31,36-38,40-43,46,48,56-58,61H,7-8,11-12,17-25,28-30,55H2,1-6H3/t31-,36-,37+,38-,40+,41+,42-,43-,46+,48-,49-,50-,51+,52-,53-,54+/m1/s1. The molecule has 6 aliphatic carbocycles. The van der Waals surface area contributed by atoms with E-state index < -0.39 is 22.7 Å². The molecule has 6 N–H and O–H groups in total. The largest absolute Gasteiger partial charge is 0.508 e. The number of nitrogen functional groups attached to an aromatic ring is 1. The van der Waals surface area contributed by atoms with E-state index in [0.29, 0.717) is 48.7 Å². The van der Waals surface area contributed by atoms with Crippen LogP contribution in [0.3, 0.4) is 0 Å². The first-order valence-electron chi connectivity index (χ1n) is 24.7. The molecule has 0 unspecified atom stereocenters. The molecule has 8 heteroatoms. The third-order valence-corrected chi connectivity index (χ3v) is 20.0. The first-order chi connectivity index (χ1) is 29.4. The number of nitrogens with two attached hydrogens (primary N) is 1. The van der Waals surface area contributed by atoms with Gasteiger partial charge in [-0.25, -0.2) is 0 Å². The van der Waals surface area contributed by atoms with Crippen molar-refractivity contribution < 1.29 is 29.6 Å². The van der Waals surface area contributed by atoms with Crippen LogP contribution in [0.15, 0.2) is 59.7 Å². The van der Waals surface area contributed by atoms with Crippen molar-refractivity contribution in [3.63, 3.8) is 0 Å². The van der Waals surface area contributed by atoms with Gasteiger partial charge in [-0.05, 0) is 166 Å². The van der Waals surface area contributed by atoms with E-state index in [-0.39, 0.29) is 57.8 Å². The van der Waals surface area contributed by atoms with E-state index in [9.17, 15) is 15.3 Å². The predicted octanol–water partition coefficient (Wildman–Crippen LogP) is 9.56. The Hall–Kier alpha value is -3.04. The van der Waals surface area contributed by atoms with Gasteiger partial charge in [-0.15, -0.1) is 0 Å². The average molecular weight is 847 g/mol. The maximum absolute atomic E-state index is 15.2. The second-order valence-corrected chi connectivity index (χ2v) is 23.4. The first kappa shape index (κ1) is 42.9. The number of β-amino-alcohol motifs (C(OH)–C–C–N with tert-alkyl or cyclic N) is 1. The minimum absolute atomic E-state index is 0.00431. The Kier molecular flexibility index (Phi) is 10.2. The molecule has 2 aromatic rings. The normalized spacial score (nSPS) is 46.1. The van der Waals surface area contributed by atoms with Crippen LogP contribution in [0, 0.1) is 51.2 Å². The van der Waals surface area contributed by atoms with Crippen LogP contribution in [-0.4, -0.2) is 62.9 Å². The third-order valence-electron chi connectivity index (χ3n) is 20.0. The van der Waals surface area contributed by atoms with Crippen LogP contribution in [0.1, 0.15) is 161 Å². The van der Waals surface area contributed by atoms with Crippen LogP contribution in [0.5, 0.6) is 5.75 Å². The van der Waals surface area contributed by atoms with Gasteiger partial charge in [0, 0.05) is 40.9 Å². The fourth-order valence-corrected chi connectivity index (χ4v) is 17.6. The Labute approximate surface area is 370 Å². The van der Waals surface area contributed by atoms with E-state index in [0.717, 1.165) is 100 Å². The molecule has 0 bridgehead atoms. The van der Waals surface area contributed by atoms with Crippen LogP contribution in [-0.2, 0) is 14.3 Å². The molecule has 336 valence electrons. The average Bonchev–Trinajstić information content (AvgIpc) is 3.55. The number of hydrogen-bond donors (Lipinski definition) is 5. The number of phenolic OH excluding ortho intramolecular Hbond substituents is 1. The van der Waals surface area contributed by atoms with Gasteiger partial charge in [-0.2, -0.15) is 0 Å². The van der Waals surface area contributed by atoms with Crippen LogP contribution >= 0.6 is 0 Å². The first-order valence-corrected chi connectivity index (χ1v) is 24.7. The lowest BCUT2D eigenvalue weighted by Crippen LogP contribution is -2.72. The lowest BCUT2D eigenvalue weighted by Gasteiger charge is -2.73. The van der Waals surface area contributed by atoms with Crippen LogP contribution in [0.4, 0.5) is 5.69 Å². The monoisotopic (exact) mass is 847 g/mol. The van der Waals surface area contributed by atoms with Gasteiger partial charge in [0.15, 0.2) is 5.78 Å². The highest BCUT2D eigenvalue weighted by Crippen LogP contribution is 2.79. The van der Waals surface area contributed by atoms with Gasteiger partial charge in [0.2, 0.25) is 0 Å². The van der Waals surface area contributed by atoms with Gasteiger partial charge < -0.3 is 31.1 Å². The molecule has 62 heavy (non-hydrogen) atoms. The predicted molar refractivity (Wildman–Crippen MR) is 242 cm³/mol. The summed E-state index contributed by atoms with van der Waals surface area (Å²) >= 11 is 0. The van der Waals surface area contributed by atoms with Gasteiger partial charge in [-0.1, -0.05) is 83.2 Å². The Morgan fingerprint density at radius 1 is 0.887 bits per heavy atom. The number of ether oxygens (including phenoxy) is 1. The Bertz CT molecular complexity index is 2170. The summed E-state index contributed by atoms with van der Waals surface area (Å²) in [5, 5.41) is 38.5. The van der Waals surface area contributed by atoms with Gasteiger partial charge in [0.25, 0.3) is 0 Å². The van der Waals surface area contributed by atoms with Crippen LogP contribution in [0.25, 0.3) is 0 Å². The van der Waals surface area contributed by atoms with Crippen molar-refractivity contribution in [2.24, 2.45) is 51.2 Å². The van der Waals surface area contributed by atoms with Gasteiger partial charge in [-0.3, -0.25) is 9.59 Å². The lowest BCUT2D eigenvalue weighted by atomic mass is 9.31. The van der Waals surface area contributed by atoms with Gasteiger partial charge in [0.1, 0.15) is 17.6 Å². The summed E-state index contributed by atoms with van der Waals surface area (Å²) in [6.07, 6.45) is 12.5. The smallest absolute Gasteiger partial charge is 0.163 e. The number of phenols is 1. The summed E-state index contributed by atoms with van der Waals surface area (Å²) in [5.74, 6) is 1.36. The number of hydrogen-bond acceptors (Lipinski definition) is 8. The Morgan fingerprint density at radius 3 is 2.42 bits per heavy atom. The number of carbonyl (C=O) groups is 2. The number of ketones is 2. The molecule has 0 amide bonds. The molecule has 2 aliphatic heterocycles. The molecule has 2 heterocycles. The Balaban J connectivity index is 0.997. The second-order valence-electron chi connectivity index (χ2n) is 23.4. The molecule has 0 aromatic heterocycles. The van der Waals surface area contributed by atoms with Crippen molar-refractivity contribution in [3.05, 3.63) is 70.8 Å². The molecule has 5 saturated carbocycles. The third kappa shape index (κ3) is 6.17. The number of benzene rings is 2. The van der Waals surface area contributed by atoms with Crippen molar-refractivity contribution in [2.75, 3.05) is 12.3 Å². The van der Waals surface area contributed by atoms with E-state index >= 15 is 9.59 Å². The van der Waals surface area contributed by atoms with E-state index in [1.807, 2.05) is 37.3 Å². The number of fused-ring (bicyclic) bond motifs is 1. The number of epoxide rings is 1. The number of carbonyl (C=O) groups excluding carboxylic acids is 2. The van der Waals surface area contributed by atoms with E-state index in [1.165, 1.54) is 11.1 Å². The van der Waals surface area contributed by atoms with E-state index in [2.05, 4.69) is 52.1 Å². The molecular weight excluding hydrogens is 773 g/mol. The molecule has 2 saturated heterocycles. The number of aromatic hydroxyl groups is 1. The quantitative estimate of drug-likeness (QED) is 0.137. The number of nitrogens with one attached hydrogen (secondary N) is 1. The molecule has 2 aromatic carbocycles. The molecule has 7 fully saturated rings. The number of allylic oxidation sites excluding steroid dienone is 2. The fraction of sp³-hybridized carbons (Fsp3) is 0.704. The molecule has 1 spiro atoms. The van der Waals surface area contributed by atoms with Crippen molar-refractivity contribution in [2.45, 2.75) is 179 Å². The van der Waals surface area contributed by atoms with Gasteiger partial charge in [0.05, 0.1) is 17.3 Å². The highest BCUT2D eigenvalue weighted by molar-refractivity contribution is 6.03. The number of aliphatic hydroxyl groups is 2. The van der Waals surface area contributed by atoms with Gasteiger partial charge >= 0.3 is 0 Å². The van der Waals surface area contributed by atoms with Crippen molar-refractivity contribution in [3.8, 4) is 5.75 Å². The molecule has 0 radical (unpaired) electrons. The summed E-state index contributed by atoms with van der Waals surface area (Å²) in [6, 6.07) is 15.7. The zero-order chi connectivity index (χ0) is 43.8. The topological polar surface area (TPSA) is 145 Å². The Morgan fingerprint density at radius 2 is 1.65 bits per heavy atom. The number of rotatable bonds is 7. The van der Waals surface area contributed by atoms with E-state index in [1.54, 1.807) is 6.07 Å². The molecule has 8 aliphatic rings. The van der Waals surface area contributed by atoms with Crippen LogP contribution < -0.4 is 11.1 Å². The second kappa shape index (κ2) is 14.7. The fourth-order valence-electron chi connectivity index (χ4n) is 17.6. The SMILES string of the molecule is C[C@H](C[C@@H](O)[C@H]1O[C@]1(C)[C@@H]1CCC[C@@H]1c1cccc(N)c1)C1=C2CC[C@@H]3[C@]4(C)C[C@@H](c5cccc(O)c5)C(=O)[C@]5(C)CCCC[C@@](C)(O)CN[C@@H](C[C@@]36CCC[C@@H](C1=O)[C@@]26C)[C@H]45. The molecule has 10 rings (SSSR count). The highest BCUT2D eigenvalue weighted by Gasteiger charge is 2.75. The molecular formula is C54H74N2O6. The van der Waals surface area contributed by atoms with Crippen LogP contribution in [0.2, 0.25) is 0 Å². The van der Waals surface area contributed by atoms with Crippen molar-refractivity contribution >= 4 is 17.3 Å². The zero-order valence-corrected chi connectivity index (χ0v) is 38.3. The maximum Gasteiger partial charge on any atom is 0.163 e. The minimum Gasteiger partial charge on any atom is -0.508 e. The molecule has 8 nitrogen and oxygen atoms in total.